The van der Waals surface area contributed by atoms with Gasteiger partial charge in [-0.1, -0.05) is 0 Å². The predicted molar refractivity (Wildman–Crippen MR) is 54.7 cm³/mol. The van der Waals surface area contributed by atoms with Gasteiger partial charge in [-0.25, -0.2) is 9.48 Å². The Bertz CT molecular complexity index is 326. The fraction of sp³-hybridized carbons (Fsp3) is 0.778. The molecule has 0 unspecified atom stereocenters. The quantitative estimate of drug-likeness (QED) is 0.522. The van der Waals surface area contributed by atoms with Gasteiger partial charge in [0.25, 0.3) is 5.82 Å². The molecule has 90 valence electrons. The summed E-state index contributed by atoms with van der Waals surface area (Å²) in [7, 11) is 0. The number of carbonyl (C=O) groups is 1. The Hall–Kier alpha value is -1.50. The number of hydrogen-bond donors (Lipinski definition) is 1. The van der Waals surface area contributed by atoms with E-state index < -0.39 is 5.97 Å². The van der Waals surface area contributed by atoms with Gasteiger partial charge >= 0.3 is 5.97 Å². The number of hydrogen-bond acceptors (Lipinski definition) is 6. The van der Waals surface area contributed by atoms with Gasteiger partial charge in [0.15, 0.2) is 0 Å². The molecule has 7 heteroatoms. The molecular weight excluding hydrogens is 212 g/mol. The summed E-state index contributed by atoms with van der Waals surface area (Å²) in [6.07, 6.45) is 2.44. The molecule has 1 N–H and O–H groups in total. The van der Waals surface area contributed by atoms with Gasteiger partial charge < -0.3 is 9.84 Å². The van der Waals surface area contributed by atoms with E-state index in [4.69, 9.17) is 9.84 Å². The number of carbonyl (C=O) groups excluding carboxylic acids is 1. The summed E-state index contributed by atoms with van der Waals surface area (Å²) in [6.45, 7) is 2.77. The van der Waals surface area contributed by atoms with Crippen LogP contribution < -0.4 is 0 Å². The topological polar surface area (TPSA) is 90.1 Å². The molecule has 7 nitrogen and oxygen atoms in total. The molecule has 0 radical (unpaired) electrons. The summed E-state index contributed by atoms with van der Waals surface area (Å²) in [5, 5.41) is 19.4. The van der Waals surface area contributed by atoms with Gasteiger partial charge in [-0.15, -0.1) is 5.10 Å². The lowest BCUT2D eigenvalue weighted by Crippen LogP contribution is -2.14. The average molecular weight is 228 g/mol. The van der Waals surface area contributed by atoms with Crippen molar-refractivity contribution in [2.45, 2.75) is 32.7 Å². The van der Waals surface area contributed by atoms with Crippen LogP contribution in [0.25, 0.3) is 0 Å². The third-order valence-corrected chi connectivity index (χ3v) is 2.02. The van der Waals surface area contributed by atoms with Crippen LogP contribution in [0.2, 0.25) is 0 Å². The second-order valence-corrected chi connectivity index (χ2v) is 3.23. The fourth-order valence-electron chi connectivity index (χ4n) is 1.25. The summed E-state index contributed by atoms with van der Waals surface area (Å²) in [6, 6.07) is 0. The molecular formula is C9H16N4O3. The molecule has 0 spiro atoms. The first-order valence-corrected chi connectivity index (χ1v) is 5.33. The summed E-state index contributed by atoms with van der Waals surface area (Å²) in [5.41, 5.74) is 0. The Morgan fingerprint density at radius 2 is 2.25 bits per heavy atom. The molecule has 16 heavy (non-hydrogen) atoms. The third kappa shape index (κ3) is 3.58. The zero-order valence-corrected chi connectivity index (χ0v) is 9.30. The highest BCUT2D eigenvalue weighted by Crippen LogP contribution is 2.01. The Kier molecular flexibility index (Phi) is 5.41. The number of aliphatic hydroxyl groups is 1. The summed E-state index contributed by atoms with van der Waals surface area (Å²) >= 11 is 0. The van der Waals surface area contributed by atoms with E-state index in [1.807, 2.05) is 0 Å². The second kappa shape index (κ2) is 6.89. The van der Waals surface area contributed by atoms with E-state index in [0.717, 1.165) is 19.3 Å². The highest BCUT2D eigenvalue weighted by Gasteiger charge is 2.15. The molecule has 1 aromatic heterocycles. The van der Waals surface area contributed by atoms with Crippen molar-refractivity contribution < 1.29 is 14.6 Å². The third-order valence-electron chi connectivity index (χ3n) is 2.02. The zero-order chi connectivity index (χ0) is 11.8. The van der Waals surface area contributed by atoms with Crippen molar-refractivity contribution in [3.63, 3.8) is 0 Å². The minimum atomic E-state index is -0.505. The van der Waals surface area contributed by atoms with Crippen LogP contribution in [-0.2, 0) is 11.3 Å². The molecule has 1 rings (SSSR count). The minimum absolute atomic E-state index is 0.130. The lowest BCUT2D eigenvalue weighted by molar-refractivity contribution is 0.0504. The highest BCUT2D eigenvalue weighted by molar-refractivity contribution is 5.85. The van der Waals surface area contributed by atoms with Crippen molar-refractivity contribution in [1.82, 2.24) is 20.2 Å². The Morgan fingerprint density at radius 1 is 1.44 bits per heavy atom. The van der Waals surface area contributed by atoms with E-state index in [1.54, 1.807) is 6.92 Å². The second-order valence-electron chi connectivity index (χ2n) is 3.23. The summed E-state index contributed by atoms with van der Waals surface area (Å²) in [5.74, 6) is -0.375. The van der Waals surface area contributed by atoms with E-state index in [0.29, 0.717) is 13.2 Å². The molecule has 0 saturated heterocycles. The number of aliphatic hydroxyl groups excluding tert-OH is 1. The molecule has 0 aromatic carbocycles. The predicted octanol–water partition coefficient (Wildman–Crippen LogP) is 0.0124. The molecule has 0 bridgehead atoms. The van der Waals surface area contributed by atoms with Gasteiger partial charge in [0.2, 0.25) is 0 Å². The van der Waals surface area contributed by atoms with Crippen LogP contribution in [0, 0.1) is 0 Å². The van der Waals surface area contributed by atoms with Crippen molar-refractivity contribution in [2.24, 2.45) is 0 Å². The number of unbranched alkanes of at least 4 members (excludes halogenated alkanes) is 2. The van der Waals surface area contributed by atoms with Gasteiger partial charge in [-0.3, -0.25) is 0 Å². The van der Waals surface area contributed by atoms with Gasteiger partial charge in [0.05, 0.1) is 6.61 Å². The van der Waals surface area contributed by atoms with E-state index in [-0.39, 0.29) is 12.4 Å². The first-order chi connectivity index (χ1) is 7.79. The smallest absolute Gasteiger partial charge is 0.378 e. The first-order valence-electron chi connectivity index (χ1n) is 5.33. The van der Waals surface area contributed by atoms with Crippen molar-refractivity contribution in [2.75, 3.05) is 13.2 Å². The number of rotatable bonds is 7. The first kappa shape index (κ1) is 12.6. The maximum Gasteiger partial charge on any atom is 0.378 e. The Labute approximate surface area is 93.4 Å². The standard InChI is InChI=1S/C9H16N4O3/c1-2-16-9(15)8-10-11-12-13(8)6-4-3-5-7-14/h14H,2-7H2,1H3. The number of aryl methyl sites for hydroxylation is 1. The Morgan fingerprint density at radius 3 is 2.94 bits per heavy atom. The van der Waals surface area contributed by atoms with Crippen molar-refractivity contribution in [3.8, 4) is 0 Å². The van der Waals surface area contributed by atoms with Crippen molar-refractivity contribution >= 4 is 5.97 Å². The summed E-state index contributed by atoms with van der Waals surface area (Å²) in [4.78, 5) is 11.4. The van der Waals surface area contributed by atoms with Crippen LogP contribution in [-0.4, -0.2) is 44.5 Å². The number of esters is 1. The molecule has 0 atom stereocenters. The molecule has 0 fully saturated rings. The maximum absolute atomic E-state index is 11.4. The highest BCUT2D eigenvalue weighted by atomic mass is 16.5. The maximum atomic E-state index is 11.4. The van der Waals surface area contributed by atoms with Gasteiger partial charge in [-0.05, 0) is 36.6 Å². The normalized spacial score (nSPS) is 10.4. The molecule has 1 heterocycles. The zero-order valence-electron chi connectivity index (χ0n) is 9.30. The van der Waals surface area contributed by atoms with E-state index in [2.05, 4.69) is 15.5 Å². The largest absolute Gasteiger partial charge is 0.460 e. The molecule has 1 aromatic rings. The Balaban J connectivity index is 2.47. The molecule has 0 aliphatic heterocycles. The lowest BCUT2D eigenvalue weighted by Gasteiger charge is -2.03. The van der Waals surface area contributed by atoms with E-state index >= 15 is 0 Å². The van der Waals surface area contributed by atoms with Gasteiger partial charge in [0, 0.05) is 13.2 Å². The van der Waals surface area contributed by atoms with Crippen molar-refractivity contribution in [3.05, 3.63) is 5.82 Å². The number of tetrazole rings is 1. The van der Waals surface area contributed by atoms with Gasteiger partial charge in [0.1, 0.15) is 0 Å². The monoisotopic (exact) mass is 228 g/mol. The van der Waals surface area contributed by atoms with Crippen LogP contribution in [0.15, 0.2) is 0 Å². The SMILES string of the molecule is CCOC(=O)c1nnnn1CCCCCO. The molecule has 0 aliphatic carbocycles. The minimum Gasteiger partial charge on any atom is -0.460 e. The van der Waals surface area contributed by atoms with Crippen LogP contribution in [0.1, 0.15) is 36.8 Å². The van der Waals surface area contributed by atoms with Crippen LogP contribution >= 0.6 is 0 Å². The number of nitrogens with zero attached hydrogens (tertiary/aromatic N) is 4. The number of ether oxygens (including phenoxy) is 1. The fourth-order valence-corrected chi connectivity index (χ4v) is 1.25. The molecule has 0 amide bonds. The molecule has 0 saturated carbocycles. The summed E-state index contributed by atoms with van der Waals surface area (Å²) < 4.78 is 6.24. The van der Waals surface area contributed by atoms with Crippen molar-refractivity contribution in [1.29, 1.82) is 0 Å². The van der Waals surface area contributed by atoms with E-state index in [1.165, 1.54) is 4.68 Å². The lowest BCUT2D eigenvalue weighted by atomic mass is 10.2. The van der Waals surface area contributed by atoms with Crippen LogP contribution in [0.5, 0.6) is 0 Å². The molecule has 0 aliphatic rings. The van der Waals surface area contributed by atoms with Crippen LogP contribution in [0.4, 0.5) is 0 Å². The van der Waals surface area contributed by atoms with E-state index in [9.17, 15) is 4.79 Å². The van der Waals surface area contributed by atoms with Crippen LogP contribution in [0.3, 0.4) is 0 Å². The average Bonchev–Trinajstić information content (AvgIpc) is 2.73. The van der Waals surface area contributed by atoms with Gasteiger partial charge in [-0.2, -0.15) is 0 Å². The number of aromatic nitrogens is 4.